The number of rotatable bonds is 1. The third-order valence-corrected chi connectivity index (χ3v) is 3.34. The fourth-order valence-corrected chi connectivity index (χ4v) is 2.38. The molecule has 20 heavy (non-hydrogen) atoms. The average molecular weight is 262 g/mol. The maximum Gasteiger partial charge on any atom is 0.196 e. The number of benzene rings is 2. The molecule has 0 saturated heterocycles. The molecule has 0 radical (unpaired) electrons. The van der Waals surface area contributed by atoms with Gasteiger partial charge in [-0.15, -0.1) is 10.2 Å². The summed E-state index contributed by atoms with van der Waals surface area (Å²) < 4.78 is 0. The highest BCUT2D eigenvalue weighted by atomic mass is 16.3. The van der Waals surface area contributed by atoms with Crippen LogP contribution in [-0.4, -0.2) is 10.1 Å². The van der Waals surface area contributed by atoms with Gasteiger partial charge < -0.3 is 10.1 Å². The first-order chi connectivity index (χ1) is 9.81. The van der Waals surface area contributed by atoms with Crippen molar-refractivity contribution < 1.29 is 5.11 Å². The van der Waals surface area contributed by atoms with Gasteiger partial charge in [-0.05, 0) is 34.7 Å². The molecule has 0 aliphatic carbocycles. The number of nitrogens with zero attached hydrogens (tertiary/aromatic N) is 3. The lowest BCUT2D eigenvalue weighted by atomic mass is 10.1. The zero-order chi connectivity index (χ0) is 13.5. The van der Waals surface area contributed by atoms with Gasteiger partial charge in [-0.3, -0.25) is 0 Å². The summed E-state index contributed by atoms with van der Waals surface area (Å²) in [4.78, 5) is 2.96. The number of hydrogen-bond acceptors (Lipinski definition) is 4. The first kappa shape index (κ1) is 10.9. The molecule has 0 unspecified atom stereocenters. The van der Waals surface area contributed by atoms with Crippen LogP contribution in [0, 0.1) is 0 Å². The smallest absolute Gasteiger partial charge is 0.196 e. The molecule has 2 N–H and O–H groups in total. The standard InChI is InChI=1S/C15H10N4O/c20-15-11(10-3-1-2-4-12(10)16-15)7-9-5-6-13-14(8-9)18-19-17-13/h1-8,16,20H. The lowest BCUT2D eigenvalue weighted by molar-refractivity contribution is 0.457. The Bertz CT molecular complexity index is 969. The van der Waals surface area contributed by atoms with E-state index in [1.54, 1.807) is 0 Å². The topological polar surface area (TPSA) is 73.1 Å². The predicted molar refractivity (Wildman–Crippen MR) is 75.3 cm³/mol. The minimum atomic E-state index is 0.165. The average Bonchev–Trinajstić information content (AvgIpc) is 3.04. The van der Waals surface area contributed by atoms with Crippen LogP contribution >= 0.6 is 0 Å². The highest BCUT2D eigenvalue weighted by Crippen LogP contribution is 2.27. The summed E-state index contributed by atoms with van der Waals surface area (Å²) in [6, 6.07) is 13.5. The second-order valence-corrected chi connectivity index (χ2v) is 4.61. The van der Waals surface area contributed by atoms with Crippen LogP contribution in [0.15, 0.2) is 57.9 Å². The van der Waals surface area contributed by atoms with Crippen molar-refractivity contribution in [2.24, 2.45) is 15.4 Å². The van der Waals surface area contributed by atoms with Gasteiger partial charge in [-0.2, -0.15) is 0 Å². The predicted octanol–water partition coefficient (Wildman–Crippen LogP) is 2.33. The second kappa shape index (κ2) is 4.03. The van der Waals surface area contributed by atoms with Crippen LogP contribution in [0.2, 0.25) is 0 Å². The molecule has 2 heterocycles. The number of hydrogen-bond donors (Lipinski definition) is 2. The molecule has 0 spiro atoms. The molecule has 0 saturated carbocycles. The van der Waals surface area contributed by atoms with Crippen molar-refractivity contribution in [3.05, 3.63) is 58.6 Å². The van der Waals surface area contributed by atoms with E-state index in [0.717, 1.165) is 32.7 Å². The first-order valence-electron chi connectivity index (χ1n) is 6.21. The van der Waals surface area contributed by atoms with Gasteiger partial charge in [-0.25, -0.2) is 0 Å². The normalized spacial score (nSPS) is 13.7. The van der Waals surface area contributed by atoms with Crippen LogP contribution in [0.4, 0.5) is 5.69 Å². The third-order valence-electron chi connectivity index (χ3n) is 3.34. The van der Waals surface area contributed by atoms with Crippen molar-refractivity contribution in [2.45, 2.75) is 0 Å². The molecule has 1 aliphatic rings. The molecule has 0 atom stereocenters. The van der Waals surface area contributed by atoms with Crippen LogP contribution in [0.25, 0.3) is 17.0 Å². The summed E-state index contributed by atoms with van der Waals surface area (Å²) >= 11 is 0. The van der Waals surface area contributed by atoms with E-state index in [2.05, 4.69) is 20.4 Å². The van der Waals surface area contributed by atoms with Gasteiger partial charge in [0.05, 0.1) is 0 Å². The quantitative estimate of drug-likeness (QED) is 0.694. The molecule has 1 aliphatic heterocycles. The van der Waals surface area contributed by atoms with Crippen molar-refractivity contribution in [3.63, 3.8) is 0 Å². The summed E-state index contributed by atoms with van der Waals surface area (Å²) in [6.07, 6.45) is 1.92. The van der Waals surface area contributed by atoms with Crippen molar-refractivity contribution in [3.8, 4) is 5.88 Å². The molecular weight excluding hydrogens is 252 g/mol. The zero-order valence-corrected chi connectivity index (χ0v) is 10.4. The SMILES string of the molecule is Oc1[nH]c2ccccc2c1C=c1ccc2c(c1)N=NN=2. The van der Waals surface area contributed by atoms with E-state index in [1.807, 2.05) is 48.5 Å². The van der Waals surface area contributed by atoms with E-state index < -0.39 is 0 Å². The molecule has 3 aromatic rings. The number of H-pyrrole nitrogens is 1. The molecule has 0 bridgehead atoms. The molecule has 0 amide bonds. The third kappa shape index (κ3) is 1.60. The minimum absolute atomic E-state index is 0.165. The van der Waals surface area contributed by atoms with Crippen molar-refractivity contribution >= 4 is 22.7 Å². The van der Waals surface area contributed by atoms with Gasteiger partial charge in [0.15, 0.2) is 5.88 Å². The molecule has 5 nitrogen and oxygen atoms in total. The molecule has 5 heteroatoms. The second-order valence-electron chi connectivity index (χ2n) is 4.61. The van der Waals surface area contributed by atoms with E-state index in [4.69, 9.17) is 0 Å². The van der Waals surface area contributed by atoms with Gasteiger partial charge in [0.2, 0.25) is 0 Å². The molecule has 96 valence electrons. The Morgan fingerprint density at radius 1 is 1.10 bits per heavy atom. The fraction of sp³-hybridized carbons (Fsp3) is 0. The number of nitrogens with one attached hydrogen (secondary N) is 1. The number of fused-ring (bicyclic) bond motifs is 2. The Morgan fingerprint density at radius 2 is 2.00 bits per heavy atom. The van der Waals surface area contributed by atoms with Crippen molar-refractivity contribution in [1.29, 1.82) is 0 Å². The van der Waals surface area contributed by atoms with Gasteiger partial charge in [0.25, 0.3) is 0 Å². The monoisotopic (exact) mass is 262 g/mol. The summed E-state index contributed by atoms with van der Waals surface area (Å²) in [6.45, 7) is 0. The largest absolute Gasteiger partial charge is 0.494 e. The van der Waals surface area contributed by atoms with Gasteiger partial charge in [0.1, 0.15) is 11.0 Å². The Labute approximate surface area is 113 Å². The maximum absolute atomic E-state index is 10.0. The Morgan fingerprint density at radius 3 is 2.95 bits per heavy atom. The van der Waals surface area contributed by atoms with E-state index in [0.29, 0.717) is 0 Å². The maximum atomic E-state index is 10.0. The summed E-state index contributed by atoms with van der Waals surface area (Å²) in [5.41, 5.74) is 2.43. The van der Waals surface area contributed by atoms with Crippen LogP contribution < -0.4 is 10.6 Å². The zero-order valence-electron chi connectivity index (χ0n) is 10.4. The van der Waals surface area contributed by atoms with Crippen molar-refractivity contribution in [2.75, 3.05) is 0 Å². The van der Waals surface area contributed by atoms with Crippen molar-refractivity contribution in [1.82, 2.24) is 4.98 Å². The summed E-state index contributed by atoms with van der Waals surface area (Å²) in [7, 11) is 0. The van der Waals surface area contributed by atoms with Crippen LogP contribution in [0.1, 0.15) is 5.56 Å². The van der Waals surface area contributed by atoms with E-state index in [-0.39, 0.29) is 5.88 Å². The fourth-order valence-electron chi connectivity index (χ4n) is 2.38. The molecule has 0 fully saturated rings. The van der Waals surface area contributed by atoms with Gasteiger partial charge >= 0.3 is 0 Å². The molecule has 2 aromatic carbocycles. The summed E-state index contributed by atoms with van der Waals surface area (Å²) in [5.74, 6) is 0.165. The van der Waals surface area contributed by atoms with Crippen LogP contribution in [-0.2, 0) is 0 Å². The Kier molecular flexibility index (Phi) is 2.20. The lowest BCUT2D eigenvalue weighted by Crippen LogP contribution is -2.06. The highest BCUT2D eigenvalue weighted by molar-refractivity contribution is 5.91. The number of aromatic hydroxyl groups is 1. The first-order valence-corrected chi connectivity index (χ1v) is 6.21. The molecular formula is C15H10N4O. The van der Waals surface area contributed by atoms with E-state index in [1.165, 1.54) is 0 Å². The lowest BCUT2D eigenvalue weighted by Gasteiger charge is -1.93. The molecule has 4 rings (SSSR count). The number of aromatic nitrogens is 1. The van der Waals surface area contributed by atoms with Crippen LogP contribution in [0.3, 0.4) is 0 Å². The number of para-hydroxylation sites is 1. The van der Waals surface area contributed by atoms with E-state index >= 15 is 0 Å². The highest BCUT2D eigenvalue weighted by Gasteiger charge is 2.07. The van der Waals surface area contributed by atoms with Crippen LogP contribution in [0.5, 0.6) is 5.88 Å². The summed E-state index contributed by atoms with van der Waals surface area (Å²) in [5, 5.41) is 24.2. The van der Waals surface area contributed by atoms with Gasteiger partial charge in [-0.1, -0.05) is 24.3 Å². The Hall–Kier alpha value is -2.95. The Balaban J connectivity index is 1.97. The molecule has 1 aromatic heterocycles. The minimum Gasteiger partial charge on any atom is -0.494 e. The van der Waals surface area contributed by atoms with Gasteiger partial charge in [0, 0.05) is 16.5 Å². The van der Waals surface area contributed by atoms with E-state index in [9.17, 15) is 5.11 Å². The number of aromatic amines is 1.